The highest BCUT2D eigenvalue weighted by atomic mass is 16.5. The summed E-state index contributed by atoms with van der Waals surface area (Å²) in [5, 5.41) is 1.95. The second-order valence-electron chi connectivity index (χ2n) is 3.23. The van der Waals surface area contributed by atoms with E-state index in [4.69, 9.17) is 19.9 Å². The fourth-order valence-corrected chi connectivity index (χ4v) is 1.40. The zero-order valence-corrected chi connectivity index (χ0v) is 10.3. The number of carbonyl (C=O) groups excluding carboxylic acids is 2. The summed E-state index contributed by atoms with van der Waals surface area (Å²) in [4.78, 5) is 22.2. The molecule has 1 aromatic carbocycles. The van der Waals surface area contributed by atoms with Crippen molar-refractivity contribution in [2.75, 3.05) is 21.3 Å². The van der Waals surface area contributed by atoms with E-state index in [-0.39, 0.29) is 5.56 Å². The van der Waals surface area contributed by atoms with Gasteiger partial charge >= 0.3 is 6.03 Å². The van der Waals surface area contributed by atoms with Gasteiger partial charge in [0.1, 0.15) is 0 Å². The molecule has 0 spiro atoms. The van der Waals surface area contributed by atoms with E-state index in [2.05, 4.69) is 0 Å². The first-order chi connectivity index (χ1) is 8.53. The molecule has 3 amide bonds. The van der Waals surface area contributed by atoms with Crippen LogP contribution < -0.4 is 25.3 Å². The van der Waals surface area contributed by atoms with Crippen LogP contribution in [0.1, 0.15) is 10.4 Å². The van der Waals surface area contributed by atoms with Gasteiger partial charge in [-0.1, -0.05) is 0 Å². The Hall–Kier alpha value is -2.44. The topological polar surface area (TPSA) is 99.9 Å². The summed E-state index contributed by atoms with van der Waals surface area (Å²) in [7, 11) is 4.30. The molecule has 0 radical (unpaired) electrons. The Labute approximate surface area is 104 Å². The van der Waals surface area contributed by atoms with Gasteiger partial charge in [-0.15, -0.1) is 0 Å². The van der Waals surface area contributed by atoms with Gasteiger partial charge in [0, 0.05) is 5.56 Å². The monoisotopic (exact) mass is 254 g/mol. The van der Waals surface area contributed by atoms with Crippen molar-refractivity contribution in [3.05, 3.63) is 17.7 Å². The Morgan fingerprint density at radius 3 is 1.89 bits per heavy atom. The van der Waals surface area contributed by atoms with Crippen LogP contribution in [0.25, 0.3) is 0 Å². The van der Waals surface area contributed by atoms with Crippen molar-refractivity contribution in [2.45, 2.75) is 0 Å². The van der Waals surface area contributed by atoms with Crippen molar-refractivity contribution in [3.63, 3.8) is 0 Å². The number of hydrogen-bond acceptors (Lipinski definition) is 5. The second kappa shape index (κ2) is 5.76. The Morgan fingerprint density at radius 2 is 1.56 bits per heavy atom. The lowest BCUT2D eigenvalue weighted by molar-refractivity contribution is 0.0965. The summed E-state index contributed by atoms with van der Waals surface area (Å²) in [6.45, 7) is 0. The predicted molar refractivity (Wildman–Crippen MR) is 63.1 cm³/mol. The van der Waals surface area contributed by atoms with E-state index in [0.29, 0.717) is 17.2 Å². The summed E-state index contributed by atoms with van der Waals surface area (Å²) < 4.78 is 15.2. The maximum absolute atomic E-state index is 11.6. The molecule has 0 aliphatic rings. The highest BCUT2D eigenvalue weighted by Crippen LogP contribution is 2.38. The molecule has 0 fully saturated rings. The van der Waals surface area contributed by atoms with Crippen LogP contribution in [0.5, 0.6) is 17.2 Å². The maximum atomic E-state index is 11.6. The van der Waals surface area contributed by atoms with E-state index < -0.39 is 11.9 Å². The normalized spacial score (nSPS) is 9.50. The van der Waals surface area contributed by atoms with Gasteiger partial charge in [0.25, 0.3) is 5.91 Å². The number of imide groups is 1. The predicted octanol–water partition coefficient (Wildman–Crippen LogP) is 0.521. The first kappa shape index (κ1) is 13.6. The van der Waals surface area contributed by atoms with Crippen LogP contribution in [0, 0.1) is 0 Å². The van der Waals surface area contributed by atoms with Gasteiger partial charge in [-0.3, -0.25) is 10.1 Å². The maximum Gasteiger partial charge on any atom is 0.319 e. The first-order valence-electron chi connectivity index (χ1n) is 4.94. The van der Waals surface area contributed by atoms with Gasteiger partial charge in [0.05, 0.1) is 21.3 Å². The van der Waals surface area contributed by atoms with E-state index in [1.54, 1.807) is 0 Å². The van der Waals surface area contributed by atoms with Gasteiger partial charge < -0.3 is 19.9 Å². The van der Waals surface area contributed by atoms with Gasteiger partial charge in [0.2, 0.25) is 5.75 Å². The molecule has 7 heteroatoms. The lowest BCUT2D eigenvalue weighted by Crippen LogP contribution is -2.34. The van der Waals surface area contributed by atoms with E-state index in [1.165, 1.54) is 33.5 Å². The molecule has 1 aromatic rings. The molecule has 0 saturated heterocycles. The van der Waals surface area contributed by atoms with Crippen LogP contribution in [-0.2, 0) is 0 Å². The van der Waals surface area contributed by atoms with Crippen LogP contribution in [0.15, 0.2) is 12.1 Å². The van der Waals surface area contributed by atoms with Gasteiger partial charge in [-0.2, -0.15) is 0 Å². The van der Waals surface area contributed by atoms with E-state index >= 15 is 0 Å². The van der Waals surface area contributed by atoms with E-state index in [9.17, 15) is 9.59 Å². The number of urea groups is 1. The lowest BCUT2D eigenvalue weighted by atomic mass is 10.1. The molecular weight excluding hydrogens is 240 g/mol. The van der Waals surface area contributed by atoms with Crippen molar-refractivity contribution >= 4 is 11.9 Å². The van der Waals surface area contributed by atoms with E-state index in [0.717, 1.165) is 0 Å². The van der Waals surface area contributed by atoms with Crippen molar-refractivity contribution in [3.8, 4) is 17.2 Å². The van der Waals surface area contributed by atoms with Crippen LogP contribution >= 0.6 is 0 Å². The summed E-state index contributed by atoms with van der Waals surface area (Å²) in [5.74, 6) is 0.329. The highest BCUT2D eigenvalue weighted by Gasteiger charge is 2.17. The highest BCUT2D eigenvalue weighted by molar-refractivity contribution is 6.04. The smallest absolute Gasteiger partial charge is 0.319 e. The van der Waals surface area contributed by atoms with Crippen molar-refractivity contribution in [2.24, 2.45) is 5.73 Å². The molecule has 0 bridgehead atoms. The molecular formula is C11H14N2O5. The number of amides is 3. The van der Waals surface area contributed by atoms with Gasteiger partial charge in [0.15, 0.2) is 11.5 Å². The minimum absolute atomic E-state index is 0.170. The fraction of sp³-hybridized carbons (Fsp3) is 0.273. The van der Waals surface area contributed by atoms with Crippen LogP contribution in [0.2, 0.25) is 0 Å². The number of benzene rings is 1. The van der Waals surface area contributed by atoms with Crippen LogP contribution in [-0.4, -0.2) is 33.3 Å². The van der Waals surface area contributed by atoms with Crippen LogP contribution in [0.3, 0.4) is 0 Å². The number of nitrogens with two attached hydrogens (primary N) is 1. The Morgan fingerprint density at radius 1 is 1.06 bits per heavy atom. The van der Waals surface area contributed by atoms with Gasteiger partial charge in [-0.25, -0.2) is 4.79 Å². The zero-order chi connectivity index (χ0) is 13.7. The molecule has 3 N–H and O–H groups in total. The quantitative estimate of drug-likeness (QED) is 0.816. The largest absolute Gasteiger partial charge is 0.493 e. The molecule has 18 heavy (non-hydrogen) atoms. The van der Waals surface area contributed by atoms with Crippen molar-refractivity contribution in [1.29, 1.82) is 0 Å². The molecule has 0 heterocycles. The molecule has 1 rings (SSSR count). The third-order valence-corrected chi connectivity index (χ3v) is 2.16. The lowest BCUT2D eigenvalue weighted by Gasteiger charge is -2.13. The van der Waals surface area contributed by atoms with E-state index in [1.807, 2.05) is 5.32 Å². The minimum Gasteiger partial charge on any atom is -0.493 e. The number of primary amides is 1. The minimum atomic E-state index is -0.936. The molecule has 7 nitrogen and oxygen atoms in total. The number of carbonyl (C=O) groups is 2. The number of nitrogens with one attached hydrogen (secondary N) is 1. The summed E-state index contributed by atoms with van der Waals surface area (Å²) in [5.41, 5.74) is 5.04. The number of ether oxygens (including phenoxy) is 3. The average Bonchev–Trinajstić information content (AvgIpc) is 2.35. The Bertz CT molecular complexity index is 447. The zero-order valence-electron chi connectivity index (χ0n) is 10.3. The Balaban J connectivity index is 3.22. The first-order valence-corrected chi connectivity index (χ1v) is 4.94. The van der Waals surface area contributed by atoms with Crippen LogP contribution in [0.4, 0.5) is 4.79 Å². The molecule has 0 atom stereocenters. The van der Waals surface area contributed by atoms with Crippen molar-refractivity contribution in [1.82, 2.24) is 5.32 Å². The average molecular weight is 254 g/mol. The molecule has 98 valence electrons. The molecule has 0 unspecified atom stereocenters. The summed E-state index contributed by atoms with van der Waals surface area (Å²) in [6, 6.07) is 1.90. The Kier molecular flexibility index (Phi) is 4.36. The SMILES string of the molecule is COc1cc(C(=O)NC(N)=O)cc(OC)c1OC. The van der Waals surface area contributed by atoms with Gasteiger partial charge in [-0.05, 0) is 12.1 Å². The second-order valence-corrected chi connectivity index (χ2v) is 3.23. The number of hydrogen-bond donors (Lipinski definition) is 2. The number of rotatable bonds is 4. The summed E-state index contributed by atoms with van der Waals surface area (Å²) in [6.07, 6.45) is 0. The molecule has 0 saturated carbocycles. The molecule has 0 aromatic heterocycles. The standard InChI is InChI=1S/C11H14N2O5/c1-16-7-4-6(10(14)13-11(12)15)5-8(17-2)9(7)18-3/h4-5H,1-3H3,(H3,12,13,14,15). The molecule has 0 aliphatic carbocycles. The van der Waals surface area contributed by atoms with Crippen molar-refractivity contribution < 1.29 is 23.8 Å². The number of methoxy groups -OCH3 is 3. The third-order valence-electron chi connectivity index (χ3n) is 2.16. The summed E-state index contributed by atoms with van der Waals surface area (Å²) >= 11 is 0. The molecule has 0 aliphatic heterocycles. The third kappa shape index (κ3) is 2.82. The fourth-order valence-electron chi connectivity index (χ4n) is 1.40.